The predicted octanol–water partition coefficient (Wildman–Crippen LogP) is 2.89. The fraction of sp³-hybridized carbons (Fsp3) is 0.0714. The molecule has 0 aliphatic carbocycles. The van der Waals surface area contributed by atoms with E-state index in [1.807, 2.05) is 36.4 Å². The van der Waals surface area contributed by atoms with Crippen LogP contribution in [0.3, 0.4) is 0 Å². The lowest BCUT2D eigenvalue weighted by Gasteiger charge is -2.29. The van der Waals surface area contributed by atoms with Crippen LogP contribution in [-0.2, 0) is 0 Å². The number of fused-ring (bicyclic) bond motifs is 1. The van der Waals surface area contributed by atoms with E-state index in [2.05, 4.69) is 26.6 Å². The maximum Gasteiger partial charge on any atom is 0.255 e. The highest BCUT2D eigenvalue weighted by Crippen LogP contribution is 2.30. The van der Waals surface area contributed by atoms with Gasteiger partial charge in [0.05, 0.1) is 5.56 Å². The van der Waals surface area contributed by atoms with E-state index in [0.29, 0.717) is 11.3 Å². The van der Waals surface area contributed by atoms with E-state index >= 15 is 0 Å². The second-order valence-electron chi connectivity index (χ2n) is 4.37. The molecule has 5 heteroatoms. The van der Waals surface area contributed by atoms with Crippen LogP contribution < -0.4 is 16.4 Å². The van der Waals surface area contributed by atoms with E-state index in [4.69, 9.17) is 5.73 Å². The van der Waals surface area contributed by atoms with Crippen LogP contribution in [0.2, 0.25) is 0 Å². The second kappa shape index (κ2) is 4.59. The molecular weight excluding hydrogens is 306 g/mol. The van der Waals surface area contributed by atoms with Crippen molar-refractivity contribution in [3.63, 3.8) is 0 Å². The third-order valence-corrected chi connectivity index (χ3v) is 3.60. The summed E-state index contributed by atoms with van der Waals surface area (Å²) >= 11 is 3.36. The fourth-order valence-electron chi connectivity index (χ4n) is 2.16. The van der Waals surface area contributed by atoms with E-state index in [1.165, 1.54) is 0 Å². The van der Waals surface area contributed by atoms with Crippen molar-refractivity contribution in [2.45, 2.75) is 6.17 Å². The molecule has 1 aliphatic rings. The van der Waals surface area contributed by atoms with Crippen LogP contribution in [0.1, 0.15) is 22.1 Å². The van der Waals surface area contributed by atoms with E-state index in [-0.39, 0.29) is 12.1 Å². The second-order valence-corrected chi connectivity index (χ2v) is 5.29. The van der Waals surface area contributed by atoms with E-state index in [0.717, 1.165) is 15.7 Å². The molecule has 0 radical (unpaired) electrons. The largest absolute Gasteiger partial charge is 0.398 e. The van der Waals surface area contributed by atoms with Gasteiger partial charge in [-0.25, -0.2) is 0 Å². The minimum atomic E-state index is -0.303. The van der Waals surface area contributed by atoms with Crippen molar-refractivity contribution in [3.05, 3.63) is 58.1 Å². The Bertz CT molecular complexity index is 657. The van der Waals surface area contributed by atoms with Crippen LogP contribution in [0.4, 0.5) is 11.4 Å². The molecule has 1 unspecified atom stereocenters. The van der Waals surface area contributed by atoms with Gasteiger partial charge in [-0.3, -0.25) is 4.79 Å². The quantitative estimate of drug-likeness (QED) is 0.708. The third kappa shape index (κ3) is 2.17. The molecular formula is C14H12BrN3O. The lowest BCUT2D eigenvalue weighted by molar-refractivity contribution is 0.0936. The third-order valence-electron chi connectivity index (χ3n) is 3.11. The van der Waals surface area contributed by atoms with Gasteiger partial charge in [-0.15, -0.1) is 0 Å². The molecule has 0 bridgehead atoms. The van der Waals surface area contributed by atoms with Crippen molar-refractivity contribution in [1.82, 2.24) is 5.32 Å². The zero-order valence-electron chi connectivity index (χ0n) is 9.98. The number of hydrogen-bond donors (Lipinski definition) is 3. The van der Waals surface area contributed by atoms with Crippen molar-refractivity contribution >= 4 is 33.2 Å². The molecule has 0 saturated heterocycles. The number of halogens is 1. The molecule has 4 N–H and O–H groups in total. The normalized spacial score (nSPS) is 17.3. The van der Waals surface area contributed by atoms with Crippen LogP contribution >= 0.6 is 15.9 Å². The number of amides is 1. The van der Waals surface area contributed by atoms with Gasteiger partial charge >= 0.3 is 0 Å². The number of hydrogen-bond acceptors (Lipinski definition) is 3. The molecule has 2 aromatic rings. The predicted molar refractivity (Wildman–Crippen MR) is 78.8 cm³/mol. The highest BCUT2D eigenvalue weighted by atomic mass is 79.9. The van der Waals surface area contributed by atoms with E-state index < -0.39 is 0 Å². The highest BCUT2D eigenvalue weighted by Gasteiger charge is 2.25. The number of carbonyl (C=O) groups is 1. The van der Waals surface area contributed by atoms with Gasteiger partial charge in [0.15, 0.2) is 0 Å². The number of anilines is 2. The summed E-state index contributed by atoms with van der Waals surface area (Å²) in [6.07, 6.45) is -0.303. The number of benzene rings is 2. The Kier molecular flexibility index (Phi) is 2.91. The number of nitrogens with one attached hydrogen (secondary N) is 2. The molecule has 4 nitrogen and oxygen atoms in total. The fourth-order valence-corrected chi connectivity index (χ4v) is 2.52. The Labute approximate surface area is 119 Å². The number of carbonyl (C=O) groups excluding carboxylic acids is 1. The molecule has 1 heterocycles. The topological polar surface area (TPSA) is 67.1 Å². The van der Waals surface area contributed by atoms with Crippen LogP contribution in [-0.4, -0.2) is 5.91 Å². The molecule has 1 amide bonds. The van der Waals surface area contributed by atoms with Crippen molar-refractivity contribution in [3.8, 4) is 0 Å². The van der Waals surface area contributed by atoms with Crippen molar-refractivity contribution in [1.29, 1.82) is 0 Å². The van der Waals surface area contributed by atoms with Crippen LogP contribution in [0.25, 0.3) is 0 Å². The summed E-state index contributed by atoms with van der Waals surface area (Å²) in [6.45, 7) is 0. The first kappa shape index (κ1) is 12.0. The first-order valence-corrected chi connectivity index (χ1v) is 6.66. The molecule has 0 saturated carbocycles. The number of nitrogens with two attached hydrogens (primary N) is 1. The molecule has 1 aliphatic heterocycles. The van der Waals surface area contributed by atoms with Gasteiger partial charge in [-0.2, -0.15) is 0 Å². The molecule has 2 aromatic carbocycles. The summed E-state index contributed by atoms with van der Waals surface area (Å²) in [5.74, 6) is -0.108. The molecule has 3 rings (SSSR count). The van der Waals surface area contributed by atoms with Gasteiger partial charge in [0.25, 0.3) is 5.91 Å². The SMILES string of the molecule is Nc1ccccc1C1NC(=O)c2cc(Br)ccc2N1. The molecule has 0 fully saturated rings. The molecule has 1 atom stereocenters. The molecule has 96 valence electrons. The Morgan fingerprint density at radius 1 is 1.11 bits per heavy atom. The van der Waals surface area contributed by atoms with Crippen LogP contribution in [0, 0.1) is 0 Å². The Hall–Kier alpha value is -2.01. The standard InChI is InChI=1S/C14H12BrN3O/c15-8-5-6-12-10(7-8)14(19)18-13(17-12)9-3-1-2-4-11(9)16/h1-7,13,17H,16H2,(H,18,19). The summed E-state index contributed by atoms with van der Waals surface area (Å²) in [5, 5.41) is 6.18. The Morgan fingerprint density at radius 2 is 1.89 bits per heavy atom. The van der Waals surface area contributed by atoms with Gasteiger partial charge in [-0.05, 0) is 24.3 Å². The molecule has 19 heavy (non-hydrogen) atoms. The lowest BCUT2D eigenvalue weighted by Crippen LogP contribution is -2.38. The molecule has 0 aromatic heterocycles. The minimum Gasteiger partial charge on any atom is -0.398 e. The van der Waals surface area contributed by atoms with Crippen molar-refractivity contribution in [2.24, 2.45) is 0 Å². The Morgan fingerprint density at radius 3 is 2.68 bits per heavy atom. The minimum absolute atomic E-state index is 0.108. The maximum atomic E-state index is 12.1. The average Bonchev–Trinajstić information content (AvgIpc) is 2.40. The Balaban J connectivity index is 2.00. The zero-order chi connectivity index (χ0) is 13.4. The summed E-state index contributed by atoms with van der Waals surface area (Å²) < 4.78 is 0.876. The summed E-state index contributed by atoms with van der Waals surface area (Å²) in [4.78, 5) is 12.1. The summed E-state index contributed by atoms with van der Waals surface area (Å²) in [5.41, 5.74) is 8.89. The maximum absolute atomic E-state index is 12.1. The van der Waals surface area contributed by atoms with Gasteiger partial charge in [0.1, 0.15) is 6.17 Å². The van der Waals surface area contributed by atoms with E-state index in [1.54, 1.807) is 6.07 Å². The highest BCUT2D eigenvalue weighted by molar-refractivity contribution is 9.10. The smallest absolute Gasteiger partial charge is 0.255 e. The van der Waals surface area contributed by atoms with Gasteiger partial charge in [0.2, 0.25) is 0 Å². The monoisotopic (exact) mass is 317 g/mol. The number of para-hydroxylation sites is 1. The average molecular weight is 318 g/mol. The first-order chi connectivity index (χ1) is 9.15. The van der Waals surface area contributed by atoms with Gasteiger partial charge in [-0.1, -0.05) is 34.1 Å². The first-order valence-electron chi connectivity index (χ1n) is 5.86. The van der Waals surface area contributed by atoms with Crippen molar-refractivity contribution < 1.29 is 4.79 Å². The number of nitrogen functional groups attached to an aromatic ring is 1. The zero-order valence-corrected chi connectivity index (χ0v) is 11.6. The van der Waals surface area contributed by atoms with Crippen molar-refractivity contribution in [2.75, 3.05) is 11.1 Å². The van der Waals surface area contributed by atoms with Crippen LogP contribution in [0.15, 0.2) is 46.9 Å². The van der Waals surface area contributed by atoms with Gasteiger partial charge < -0.3 is 16.4 Å². The molecule has 0 spiro atoms. The van der Waals surface area contributed by atoms with E-state index in [9.17, 15) is 4.79 Å². The van der Waals surface area contributed by atoms with Gasteiger partial charge in [0, 0.05) is 21.4 Å². The van der Waals surface area contributed by atoms with Crippen LogP contribution in [0.5, 0.6) is 0 Å². The lowest BCUT2D eigenvalue weighted by atomic mass is 10.0. The number of rotatable bonds is 1. The summed E-state index contributed by atoms with van der Waals surface area (Å²) in [7, 11) is 0. The summed E-state index contributed by atoms with van der Waals surface area (Å²) in [6, 6.07) is 13.1.